The van der Waals surface area contributed by atoms with Crippen molar-refractivity contribution < 1.29 is 9.18 Å². The van der Waals surface area contributed by atoms with Crippen LogP contribution in [0, 0.1) is 5.82 Å². The van der Waals surface area contributed by atoms with Gasteiger partial charge in [-0.05, 0) is 23.8 Å². The van der Waals surface area contributed by atoms with Gasteiger partial charge in [-0.25, -0.2) is 4.39 Å². The van der Waals surface area contributed by atoms with Gasteiger partial charge >= 0.3 is 0 Å². The predicted molar refractivity (Wildman–Crippen MR) is 80.9 cm³/mol. The number of amides is 1. The van der Waals surface area contributed by atoms with Crippen molar-refractivity contribution in [1.82, 2.24) is 5.32 Å². The topological polar surface area (TPSA) is 41.1 Å². The first-order valence-electron chi connectivity index (χ1n) is 6.15. The van der Waals surface area contributed by atoms with E-state index in [2.05, 4.69) is 26.6 Å². The van der Waals surface area contributed by atoms with Gasteiger partial charge in [-0.2, -0.15) is 0 Å². The number of nitrogens with one attached hydrogen (secondary N) is 2. The number of para-hydroxylation sites is 1. The van der Waals surface area contributed by atoms with Gasteiger partial charge in [-0.3, -0.25) is 4.79 Å². The zero-order valence-corrected chi connectivity index (χ0v) is 12.3. The molecule has 0 aromatic heterocycles. The van der Waals surface area contributed by atoms with E-state index in [1.165, 1.54) is 12.1 Å². The average molecular weight is 337 g/mol. The van der Waals surface area contributed by atoms with E-state index in [9.17, 15) is 9.18 Å². The Labute approximate surface area is 125 Å². The summed E-state index contributed by atoms with van der Waals surface area (Å²) < 4.78 is 14.3. The molecule has 1 amide bonds. The van der Waals surface area contributed by atoms with Crippen LogP contribution in [-0.4, -0.2) is 12.5 Å². The normalized spacial score (nSPS) is 10.3. The van der Waals surface area contributed by atoms with Gasteiger partial charge in [0.1, 0.15) is 5.82 Å². The first-order valence-corrected chi connectivity index (χ1v) is 6.94. The van der Waals surface area contributed by atoms with Crippen LogP contribution in [0.15, 0.2) is 53.0 Å². The summed E-state index contributed by atoms with van der Waals surface area (Å²) in [5, 5.41) is 5.54. The number of carbonyl (C=O) groups is 1. The molecule has 20 heavy (non-hydrogen) atoms. The van der Waals surface area contributed by atoms with E-state index in [4.69, 9.17) is 0 Å². The van der Waals surface area contributed by atoms with Crippen LogP contribution < -0.4 is 10.6 Å². The van der Waals surface area contributed by atoms with Crippen LogP contribution in [0.5, 0.6) is 0 Å². The summed E-state index contributed by atoms with van der Waals surface area (Å²) in [6.07, 6.45) is 0. The maximum absolute atomic E-state index is 13.3. The van der Waals surface area contributed by atoms with Crippen LogP contribution in [-0.2, 0) is 11.3 Å². The Morgan fingerprint density at radius 1 is 1.10 bits per heavy atom. The Bertz CT molecular complexity index is 604. The second kappa shape index (κ2) is 7.17. The van der Waals surface area contributed by atoms with Crippen molar-refractivity contribution >= 4 is 27.5 Å². The van der Waals surface area contributed by atoms with Crippen LogP contribution >= 0.6 is 15.9 Å². The fourth-order valence-electron chi connectivity index (χ4n) is 1.71. The van der Waals surface area contributed by atoms with Crippen LogP contribution in [0.25, 0.3) is 0 Å². The monoisotopic (exact) mass is 336 g/mol. The van der Waals surface area contributed by atoms with Gasteiger partial charge in [0.2, 0.25) is 5.91 Å². The number of hydrogen-bond donors (Lipinski definition) is 2. The van der Waals surface area contributed by atoms with E-state index in [-0.39, 0.29) is 18.1 Å². The molecular formula is C15H14BrFN2O. The van der Waals surface area contributed by atoms with Gasteiger partial charge in [0, 0.05) is 11.0 Å². The summed E-state index contributed by atoms with van der Waals surface area (Å²) in [7, 11) is 0. The molecule has 0 aliphatic carbocycles. The second-order valence-corrected chi connectivity index (χ2v) is 5.08. The fourth-order valence-corrected chi connectivity index (χ4v) is 2.13. The zero-order valence-electron chi connectivity index (χ0n) is 10.7. The molecule has 0 saturated carbocycles. The average Bonchev–Trinajstić information content (AvgIpc) is 2.43. The lowest BCUT2D eigenvalue weighted by Gasteiger charge is -2.08. The van der Waals surface area contributed by atoms with Crippen molar-refractivity contribution in [2.24, 2.45) is 0 Å². The third-order valence-electron chi connectivity index (χ3n) is 2.71. The van der Waals surface area contributed by atoms with Gasteiger partial charge in [0.25, 0.3) is 0 Å². The minimum atomic E-state index is -0.438. The lowest BCUT2D eigenvalue weighted by Crippen LogP contribution is -2.28. The van der Waals surface area contributed by atoms with E-state index in [0.29, 0.717) is 6.54 Å². The molecule has 0 atom stereocenters. The van der Waals surface area contributed by atoms with Crippen molar-refractivity contribution in [3.05, 3.63) is 64.4 Å². The van der Waals surface area contributed by atoms with E-state index in [1.54, 1.807) is 12.1 Å². The Morgan fingerprint density at radius 3 is 2.55 bits per heavy atom. The van der Waals surface area contributed by atoms with Gasteiger partial charge in [-0.1, -0.05) is 46.3 Å². The number of benzene rings is 2. The molecule has 5 heteroatoms. The van der Waals surface area contributed by atoms with Gasteiger partial charge in [0.15, 0.2) is 0 Å². The number of anilines is 1. The Kier molecular flexibility index (Phi) is 5.26. The lowest BCUT2D eigenvalue weighted by molar-refractivity contribution is -0.115. The van der Waals surface area contributed by atoms with Crippen molar-refractivity contribution in [3.8, 4) is 0 Å². The second-order valence-electron chi connectivity index (χ2n) is 4.22. The number of halogens is 2. The molecule has 0 unspecified atom stereocenters. The first-order chi connectivity index (χ1) is 9.66. The summed E-state index contributed by atoms with van der Waals surface area (Å²) >= 11 is 3.44. The number of carbonyl (C=O) groups excluding carboxylic acids is 1. The van der Waals surface area contributed by atoms with E-state index in [1.807, 2.05) is 24.3 Å². The van der Waals surface area contributed by atoms with Crippen molar-refractivity contribution in [1.29, 1.82) is 0 Å². The van der Waals surface area contributed by atoms with E-state index >= 15 is 0 Å². The summed E-state index contributed by atoms with van der Waals surface area (Å²) in [6.45, 7) is 0.682. The molecule has 0 saturated heterocycles. The molecule has 104 valence electrons. The quantitative estimate of drug-likeness (QED) is 0.879. The van der Waals surface area contributed by atoms with Crippen LogP contribution in [0.1, 0.15) is 5.56 Å². The molecule has 0 heterocycles. The number of hydrogen-bond acceptors (Lipinski definition) is 2. The van der Waals surface area contributed by atoms with E-state index < -0.39 is 5.82 Å². The third kappa shape index (κ3) is 4.15. The Morgan fingerprint density at radius 2 is 1.80 bits per heavy atom. The van der Waals surface area contributed by atoms with Crippen LogP contribution in [0.2, 0.25) is 0 Å². The smallest absolute Gasteiger partial charge is 0.238 e. The predicted octanol–water partition coefficient (Wildman–Crippen LogP) is 3.32. The molecule has 2 rings (SSSR count). The molecule has 0 spiro atoms. The Balaban J connectivity index is 1.82. The summed E-state index contributed by atoms with van der Waals surface area (Å²) in [4.78, 5) is 11.7. The van der Waals surface area contributed by atoms with Gasteiger partial charge in [-0.15, -0.1) is 0 Å². The molecule has 0 radical (unpaired) electrons. The molecule has 3 nitrogen and oxygen atoms in total. The number of rotatable bonds is 5. The largest absolute Gasteiger partial charge is 0.322 e. The van der Waals surface area contributed by atoms with Gasteiger partial charge in [0.05, 0.1) is 12.2 Å². The minimum absolute atomic E-state index is 0.121. The minimum Gasteiger partial charge on any atom is -0.322 e. The zero-order chi connectivity index (χ0) is 14.4. The summed E-state index contributed by atoms with van der Waals surface area (Å²) in [6, 6.07) is 13.9. The molecule has 0 aliphatic heterocycles. The Hall–Kier alpha value is -1.72. The molecule has 2 N–H and O–H groups in total. The first kappa shape index (κ1) is 14.7. The van der Waals surface area contributed by atoms with Crippen LogP contribution in [0.3, 0.4) is 0 Å². The molecule has 2 aromatic rings. The lowest BCUT2D eigenvalue weighted by atomic mass is 10.2. The molecule has 0 bridgehead atoms. The van der Waals surface area contributed by atoms with E-state index in [0.717, 1.165) is 10.0 Å². The standard InChI is InChI=1S/C15H14BrFN2O/c16-12-6-2-1-5-11(12)9-18-10-15(20)19-14-8-4-3-7-13(14)17/h1-8,18H,9-10H2,(H,19,20). The van der Waals surface area contributed by atoms with Crippen LogP contribution in [0.4, 0.5) is 10.1 Å². The maximum atomic E-state index is 13.3. The molecular weight excluding hydrogens is 323 g/mol. The highest BCUT2D eigenvalue weighted by atomic mass is 79.9. The summed E-state index contributed by atoms with van der Waals surface area (Å²) in [5.41, 5.74) is 1.26. The molecule has 2 aromatic carbocycles. The SMILES string of the molecule is O=C(CNCc1ccccc1Br)Nc1ccccc1F. The van der Waals surface area contributed by atoms with Crippen molar-refractivity contribution in [2.45, 2.75) is 6.54 Å². The summed E-state index contributed by atoms with van der Waals surface area (Å²) in [5.74, 6) is -0.714. The highest BCUT2D eigenvalue weighted by molar-refractivity contribution is 9.10. The molecule has 0 aliphatic rings. The maximum Gasteiger partial charge on any atom is 0.238 e. The fraction of sp³-hybridized carbons (Fsp3) is 0.133. The van der Waals surface area contributed by atoms with Crippen molar-refractivity contribution in [2.75, 3.05) is 11.9 Å². The third-order valence-corrected chi connectivity index (χ3v) is 3.48. The highest BCUT2D eigenvalue weighted by Gasteiger charge is 2.06. The highest BCUT2D eigenvalue weighted by Crippen LogP contribution is 2.15. The molecule has 0 fully saturated rings. The van der Waals surface area contributed by atoms with Gasteiger partial charge < -0.3 is 10.6 Å². The van der Waals surface area contributed by atoms with Crippen molar-refractivity contribution in [3.63, 3.8) is 0 Å².